The lowest BCUT2D eigenvalue weighted by atomic mass is 9.82. The molecule has 31 heavy (non-hydrogen) atoms. The molecule has 1 aliphatic carbocycles. The molecule has 2 N–H and O–H groups in total. The number of hydrogen-bond acceptors (Lipinski definition) is 4. The summed E-state index contributed by atoms with van der Waals surface area (Å²) < 4.78 is 73.3. The number of benzene rings is 1. The topological polar surface area (TPSA) is 95.9 Å². The molecule has 2 aliphatic rings. The lowest BCUT2D eigenvalue weighted by molar-refractivity contribution is -0.00731. The Morgan fingerprint density at radius 2 is 1.81 bits per heavy atom. The van der Waals surface area contributed by atoms with Gasteiger partial charge in [-0.1, -0.05) is 0 Å². The molecular formula is C20H27F3N2O5S. The summed E-state index contributed by atoms with van der Waals surface area (Å²) in [5.74, 6) is -3.47. The second kappa shape index (κ2) is 9.33. The third-order valence-electron chi connectivity index (χ3n) is 6.14. The number of carboxylic acid groups (broad SMARTS) is 1. The van der Waals surface area contributed by atoms with Gasteiger partial charge >= 0.3 is 6.09 Å². The molecular weight excluding hydrogens is 437 g/mol. The van der Waals surface area contributed by atoms with Gasteiger partial charge in [-0.3, -0.25) is 4.90 Å². The van der Waals surface area contributed by atoms with Crippen molar-refractivity contribution in [3.05, 3.63) is 35.1 Å². The molecule has 1 aromatic carbocycles. The number of rotatable bonds is 6. The van der Waals surface area contributed by atoms with Crippen LogP contribution in [0.4, 0.5) is 18.0 Å². The molecule has 0 spiro atoms. The van der Waals surface area contributed by atoms with Crippen LogP contribution in [0.3, 0.4) is 0 Å². The van der Waals surface area contributed by atoms with Crippen molar-refractivity contribution >= 4 is 16.1 Å². The van der Waals surface area contributed by atoms with Crippen LogP contribution in [-0.2, 0) is 14.8 Å². The van der Waals surface area contributed by atoms with E-state index < -0.39 is 51.6 Å². The summed E-state index contributed by atoms with van der Waals surface area (Å²) in [7, 11) is -3.53. The Hall–Kier alpha value is -1.85. The minimum absolute atomic E-state index is 0.00183. The van der Waals surface area contributed by atoms with Crippen molar-refractivity contribution in [2.24, 2.45) is 0 Å². The number of nitrogens with one attached hydrogen (secondary N) is 1. The Balaban J connectivity index is 1.62. The van der Waals surface area contributed by atoms with Crippen molar-refractivity contribution in [2.45, 2.75) is 69.2 Å². The SMILES string of the molecule is C[C@@H]1C[C@H](NS(C)(=O)=O)[C@H](COC2CCC(c3c(F)ccc(F)c3F)CC2)N1C(=O)O. The molecule has 3 rings (SSSR count). The van der Waals surface area contributed by atoms with Crippen molar-refractivity contribution in [3.63, 3.8) is 0 Å². The highest BCUT2D eigenvalue weighted by Crippen LogP contribution is 2.37. The zero-order chi connectivity index (χ0) is 22.9. The van der Waals surface area contributed by atoms with Crippen LogP contribution in [0.15, 0.2) is 12.1 Å². The number of hydrogen-bond donors (Lipinski definition) is 2. The number of ether oxygens (including phenoxy) is 1. The molecule has 1 amide bonds. The number of halogens is 3. The third kappa shape index (κ3) is 5.50. The van der Waals surface area contributed by atoms with Gasteiger partial charge in [0.05, 0.1) is 25.0 Å². The predicted octanol–water partition coefficient (Wildman–Crippen LogP) is 3.21. The van der Waals surface area contributed by atoms with E-state index in [0.717, 1.165) is 18.4 Å². The van der Waals surface area contributed by atoms with E-state index >= 15 is 0 Å². The van der Waals surface area contributed by atoms with Crippen LogP contribution in [-0.4, -0.2) is 61.6 Å². The molecule has 3 atom stereocenters. The van der Waals surface area contributed by atoms with Crippen LogP contribution in [0, 0.1) is 17.5 Å². The summed E-state index contributed by atoms with van der Waals surface area (Å²) in [5.41, 5.74) is -0.238. The molecule has 1 saturated carbocycles. The summed E-state index contributed by atoms with van der Waals surface area (Å²) in [4.78, 5) is 12.9. The average Bonchev–Trinajstić information content (AvgIpc) is 2.97. The van der Waals surface area contributed by atoms with Crippen LogP contribution in [0.5, 0.6) is 0 Å². The van der Waals surface area contributed by atoms with Crippen LogP contribution in [0.2, 0.25) is 0 Å². The van der Waals surface area contributed by atoms with E-state index in [0.29, 0.717) is 32.1 Å². The van der Waals surface area contributed by atoms with E-state index in [4.69, 9.17) is 4.74 Å². The standard InChI is InChI=1S/C20H27F3N2O5S/c1-11-9-16(24-31(2,28)29)17(25(11)20(26)27)10-30-13-5-3-12(4-6-13)18-14(21)7-8-15(22)19(18)23/h7-8,11-13,16-17,24H,3-6,9-10H2,1-2H3,(H,26,27)/t11-,12?,13?,16+,17+/m1/s1. The van der Waals surface area contributed by atoms with Gasteiger partial charge in [0.15, 0.2) is 11.6 Å². The van der Waals surface area contributed by atoms with Crippen LogP contribution >= 0.6 is 0 Å². The summed E-state index contributed by atoms with van der Waals surface area (Å²) in [6.45, 7) is 1.71. The summed E-state index contributed by atoms with van der Waals surface area (Å²) in [5, 5.41) is 9.53. The third-order valence-corrected chi connectivity index (χ3v) is 6.87. The highest BCUT2D eigenvalue weighted by atomic mass is 32.2. The maximum absolute atomic E-state index is 14.1. The Bertz CT molecular complexity index is 922. The molecule has 1 heterocycles. The molecule has 1 saturated heterocycles. The number of likely N-dealkylation sites (tertiary alicyclic amines) is 1. The van der Waals surface area contributed by atoms with Gasteiger partial charge in [0, 0.05) is 17.6 Å². The van der Waals surface area contributed by atoms with Gasteiger partial charge in [0.2, 0.25) is 10.0 Å². The second-order valence-electron chi connectivity index (χ2n) is 8.40. The van der Waals surface area contributed by atoms with Gasteiger partial charge < -0.3 is 9.84 Å². The largest absolute Gasteiger partial charge is 0.465 e. The molecule has 0 radical (unpaired) electrons. The fraction of sp³-hybridized carbons (Fsp3) is 0.650. The quantitative estimate of drug-likeness (QED) is 0.631. The van der Waals surface area contributed by atoms with Crippen molar-refractivity contribution in [1.82, 2.24) is 9.62 Å². The molecule has 2 fully saturated rings. The Morgan fingerprint density at radius 3 is 2.39 bits per heavy atom. The molecule has 1 aromatic rings. The lowest BCUT2D eigenvalue weighted by Gasteiger charge is -2.32. The molecule has 174 valence electrons. The molecule has 11 heteroatoms. The van der Waals surface area contributed by atoms with Crippen molar-refractivity contribution < 1.29 is 36.2 Å². The fourth-order valence-electron chi connectivity index (χ4n) is 4.76. The van der Waals surface area contributed by atoms with E-state index in [1.54, 1.807) is 6.92 Å². The first kappa shape index (κ1) is 23.8. The van der Waals surface area contributed by atoms with E-state index in [1.807, 2.05) is 0 Å². The lowest BCUT2D eigenvalue weighted by Crippen LogP contribution is -2.50. The van der Waals surface area contributed by atoms with Crippen molar-refractivity contribution in [2.75, 3.05) is 12.9 Å². The fourth-order valence-corrected chi connectivity index (χ4v) is 5.56. The summed E-state index contributed by atoms with van der Waals surface area (Å²) >= 11 is 0. The highest BCUT2D eigenvalue weighted by molar-refractivity contribution is 7.88. The van der Waals surface area contributed by atoms with Gasteiger partial charge in [-0.2, -0.15) is 0 Å². The van der Waals surface area contributed by atoms with Crippen LogP contribution in [0.25, 0.3) is 0 Å². The zero-order valence-electron chi connectivity index (χ0n) is 17.4. The molecule has 0 unspecified atom stereocenters. The van der Waals surface area contributed by atoms with E-state index in [2.05, 4.69) is 4.72 Å². The number of nitrogens with zero attached hydrogens (tertiary/aromatic N) is 1. The minimum Gasteiger partial charge on any atom is -0.465 e. The molecule has 7 nitrogen and oxygen atoms in total. The van der Waals surface area contributed by atoms with Crippen LogP contribution < -0.4 is 4.72 Å². The number of sulfonamides is 1. The second-order valence-corrected chi connectivity index (χ2v) is 10.2. The normalized spacial score (nSPS) is 29.3. The van der Waals surface area contributed by atoms with Gasteiger partial charge in [0.25, 0.3) is 0 Å². The van der Waals surface area contributed by atoms with Gasteiger partial charge in [-0.05, 0) is 57.1 Å². The smallest absolute Gasteiger partial charge is 0.407 e. The van der Waals surface area contributed by atoms with E-state index in [9.17, 15) is 31.5 Å². The molecule has 0 aromatic heterocycles. The van der Waals surface area contributed by atoms with Gasteiger partial charge in [-0.25, -0.2) is 31.1 Å². The Kier molecular flexibility index (Phi) is 7.17. The zero-order valence-corrected chi connectivity index (χ0v) is 18.2. The molecule has 1 aliphatic heterocycles. The van der Waals surface area contributed by atoms with E-state index in [-0.39, 0.29) is 24.3 Å². The van der Waals surface area contributed by atoms with E-state index in [1.165, 1.54) is 4.90 Å². The minimum atomic E-state index is -3.53. The average molecular weight is 465 g/mol. The first-order valence-electron chi connectivity index (χ1n) is 10.2. The first-order chi connectivity index (χ1) is 14.5. The summed E-state index contributed by atoms with van der Waals surface area (Å²) in [6, 6.07) is 0.0270. The van der Waals surface area contributed by atoms with Crippen molar-refractivity contribution in [3.8, 4) is 0 Å². The van der Waals surface area contributed by atoms with Crippen LogP contribution in [0.1, 0.15) is 50.5 Å². The Labute approximate surface area is 179 Å². The number of amides is 1. The Morgan fingerprint density at radius 1 is 1.19 bits per heavy atom. The summed E-state index contributed by atoms with van der Waals surface area (Å²) in [6.07, 6.45) is 1.68. The van der Waals surface area contributed by atoms with Gasteiger partial charge in [0.1, 0.15) is 5.82 Å². The maximum atomic E-state index is 14.1. The maximum Gasteiger partial charge on any atom is 0.407 e. The number of carbonyl (C=O) groups is 1. The van der Waals surface area contributed by atoms with Crippen molar-refractivity contribution in [1.29, 1.82) is 0 Å². The highest BCUT2D eigenvalue weighted by Gasteiger charge is 2.43. The predicted molar refractivity (Wildman–Crippen MR) is 107 cm³/mol. The molecule has 0 bridgehead atoms. The monoisotopic (exact) mass is 464 g/mol. The first-order valence-corrected chi connectivity index (χ1v) is 12.1. The van der Waals surface area contributed by atoms with Gasteiger partial charge in [-0.15, -0.1) is 0 Å².